The molecule has 11 heteroatoms. The van der Waals surface area contributed by atoms with Crippen molar-refractivity contribution in [2.75, 3.05) is 45.2 Å². The van der Waals surface area contributed by atoms with Gasteiger partial charge in [0, 0.05) is 47.3 Å². The molecule has 2 heterocycles. The van der Waals surface area contributed by atoms with Gasteiger partial charge in [0.1, 0.15) is 23.0 Å². The summed E-state index contributed by atoms with van der Waals surface area (Å²) in [6, 6.07) is 23.4. The topological polar surface area (TPSA) is 143 Å². The summed E-state index contributed by atoms with van der Waals surface area (Å²) in [5.74, 6) is -1.01. The number of fused-ring (bicyclic) bond motifs is 1. The van der Waals surface area contributed by atoms with Gasteiger partial charge in [0.05, 0.1) is 6.10 Å². The summed E-state index contributed by atoms with van der Waals surface area (Å²) in [7, 11) is 2.13. The van der Waals surface area contributed by atoms with Gasteiger partial charge in [-0.05, 0) is 87.3 Å². The van der Waals surface area contributed by atoms with Crippen LogP contribution in [0.4, 0.5) is 10.1 Å². The van der Waals surface area contributed by atoms with Gasteiger partial charge in [0.25, 0.3) is 11.8 Å². The van der Waals surface area contributed by atoms with Crippen molar-refractivity contribution in [1.29, 1.82) is 0 Å². The molecule has 50 heavy (non-hydrogen) atoms. The van der Waals surface area contributed by atoms with Gasteiger partial charge in [0.15, 0.2) is 12.4 Å². The molecule has 1 atom stereocenters. The minimum Gasteiger partial charge on any atom is -0.508 e. The molecule has 0 aliphatic carbocycles. The highest BCUT2D eigenvalue weighted by atomic mass is 19.1. The number of aryl methyl sites for hydroxylation is 1. The number of aliphatic hydroxyl groups is 1. The lowest BCUT2D eigenvalue weighted by molar-refractivity contribution is -0.118. The number of nitrogens with zero attached hydrogens (tertiary/aromatic N) is 1. The van der Waals surface area contributed by atoms with E-state index in [0.29, 0.717) is 36.3 Å². The number of amides is 2. The molecule has 1 saturated heterocycles. The molecule has 0 aromatic heterocycles. The molecule has 2 aliphatic rings. The third-order valence-corrected chi connectivity index (χ3v) is 9.78. The smallest absolute Gasteiger partial charge is 0.262 e. The standard InChI is InChI=1S/C39H43FN4O6/c1-44-18-15-39(16-19-44,28-7-3-2-4-8-28)30-20-25(9-13-32(30)45)6-5-17-42-38(49)26-10-11-27(31(40)21-26)22-41-23-34(47)29-12-14-33(46)36-37(29)50-24-35(48)43-36/h2-4,7-14,20-21,34,41,45-47H,5-6,15-19,22-24H2,1H3,(H,42,49)(H,43,48)/t34-/m0/s1. The number of phenols is 2. The van der Waals surface area contributed by atoms with Gasteiger partial charge < -0.3 is 40.9 Å². The second-order valence-corrected chi connectivity index (χ2v) is 13.1. The van der Waals surface area contributed by atoms with Crippen LogP contribution in [0, 0.1) is 5.82 Å². The number of phenolic OH excluding ortho intramolecular Hbond substituents is 2. The number of nitrogens with one attached hydrogen (secondary N) is 3. The zero-order valence-electron chi connectivity index (χ0n) is 28.0. The van der Waals surface area contributed by atoms with Crippen LogP contribution in [0.3, 0.4) is 0 Å². The van der Waals surface area contributed by atoms with Crippen molar-refractivity contribution in [1.82, 2.24) is 15.5 Å². The maximum Gasteiger partial charge on any atom is 0.262 e. The minimum absolute atomic E-state index is 0.0449. The lowest BCUT2D eigenvalue weighted by atomic mass is 9.67. The fraction of sp³-hybridized carbons (Fsp3) is 0.333. The normalized spacial score (nSPS) is 16.2. The fourth-order valence-electron chi connectivity index (χ4n) is 6.92. The number of halogens is 1. The molecule has 0 spiro atoms. The third-order valence-electron chi connectivity index (χ3n) is 9.78. The number of carbonyl (C=O) groups excluding carboxylic acids is 2. The number of hydrogen-bond acceptors (Lipinski definition) is 8. The van der Waals surface area contributed by atoms with Crippen LogP contribution in [0.15, 0.2) is 78.9 Å². The van der Waals surface area contributed by atoms with E-state index in [2.05, 4.69) is 46.1 Å². The third kappa shape index (κ3) is 7.60. The van der Waals surface area contributed by atoms with Crippen molar-refractivity contribution in [3.8, 4) is 17.2 Å². The number of carbonyl (C=O) groups is 2. The van der Waals surface area contributed by atoms with Gasteiger partial charge >= 0.3 is 0 Å². The molecule has 0 saturated carbocycles. The first kappa shape index (κ1) is 34.9. The van der Waals surface area contributed by atoms with Crippen LogP contribution in [-0.4, -0.2) is 71.9 Å². The summed E-state index contributed by atoms with van der Waals surface area (Å²) in [6.07, 6.45) is 2.14. The molecule has 1 fully saturated rings. The summed E-state index contributed by atoms with van der Waals surface area (Å²) >= 11 is 0. The van der Waals surface area contributed by atoms with Gasteiger partial charge in [-0.3, -0.25) is 9.59 Å². The summed E-state index contributed by atoms with van der Waals surface area (Å²) in [4.78, 5) is 26.8. The molecule has 262 valence electrons. The van der Waals surface area contributed by atoms with Crippen molar-refractivity contribution < 1.29 is 34.0 Å². The largest absolute Gasteiger partial charge is 0.508 e. The fourth-order valence-corrected chi connectivity index (χ4v) is 6.92. The van der Waals surface area contributed by atoms with Gasteiger partial charge in [-0.2, -0.15) is 0 Å². The van der Waals surface area contributed by atoms with Gasteiger partial charge in [-0.25, -0.2) is 4.39 Å². The zero-order chi connectivity index (χ0) is 35.3. The predicted molar refractivity (Wildman–Crippen MR) is 188 cm³/mol. The van der Waals surface area contributed by atoms with Crippen molar-refractivity contribution >= 4 is 17.5 Å². The Morgan fingerprint density at radius 1 is 1.02 bits per heavy atom. The zero-order valence-corrected chi connectivity index (χ0v) is 28.0. The van der Waals surface area contributed by atoms with Crippen LogP contribution in [0.2, 0.25) is 0 Å². The van der Waals surface area contributed by atoms with Gasteiger partial charge in [-0.15, -0.1) is 0 Å². The molecule has 4 aromatic carbocycles. The van der Waals surface area contributed by atoms with Crippen molar-refractivity contribution in [2.45, 2.75) is 43.7 Å². The number of benzene rings is 4. The molecular formula is C39H43FN4O6. The Morgan fingerprint density at radius 2 is 1.78 bits per heavy atom. The van der Waals surface area contributed by atoms with E-state index in [9.17, 15) is 29.3 Å². The molecule has 2 aliphatic heterocycles. The van der Waals surface area contributed by atoms with Crippen LogP contribution in [-0.2, 0) is 23.2 Å². The number of rotatable bonds is 12. The number of aromatic hydroxyl groups is 2. The highest BCUT2D eigenvalue weighted by Crippen LogP contribution is 2.45. The maximum absolute atomic E-state index is 15.0. The minimum atomic E-state index is -1.06. The summed E-state index contributed by atoms with van der Waals surface area (Å²) in [5, 5.41) is 40.2. The summed E-state index contributed by atoms with van der Waals surface area (Å²) in [5.41, 5.74) is 3.98. The number of anilines is 1. The van der Waals surface area contributed by atoms with Crippen LogP contribution in [0.5, 0.6) is 17.2 Å². The van der Waals surface area contributed by atoms with Gasteiger partial charge in [0.2, 0.25) is 0 Å². The van der Waals surface area contributed by atoms with E-state index in [1.807, 2.05) is 24.3 Å². The SMILES string of the molecule is CN1CCC(c2ccccc2)(c2cc(CCCNC(=O)c3ccc(CNC[C@H](O)c4ccc(O)c5c4OCC(=O)N5)c(F)c3)ccc2O)CC1. The van der Waals surface area contributed by atoms with Crippen LogP contribution < -0.4 is 20.7 Å². The Bertz CT molecular complexity index is 1840. The number of aliphatic hydroxyl groups excluding tert-OH is 1. The lowest BCUT2D eigenvalue weighted by Gasteiger charge is -2.42. The number of piperidine rings is 1. The van der Waals surface area contributed by atoms with E-state index >= 15 is 0 Å². The Morgan fingerprint density at radius 3 is 2.54 bits per heavy atom. The summed E-state index contributed by atoms with van der Waals surface area (Å²) in [6.45, 7) is 2.19. The van der Waals surface area contributed by atoms with Crippen molar-refractivity contribution in [3.05, 3.63) is 118 Å². The van der Waals surface area contributed by atoms with Crippen LogP contribution in [0.25, 0.3) is 0 Å². The number of ether oxygens (including phenoxy) is 1. The molecule has 6 rings (SSSR count). The van der Waals surface area contributed by atoms with Crippen molar-refractivity contribution in [2.24, 2.45) is 0 Å². The van der Waals surface area contributed by atoms with E-state index < -0.39 is 17.8 Å². The van der Waals surface area contributed by atoms with Gasteiger partial charge in [-0.1, -0.05) is 48.5 Å². The molecule has 6 N–H and O–H groups in total. The highest BCUT2D eigenvalue weighted by molar-refractivity contribution is 5.97. The second-order valence-electron chi connectivity index (χ2n) is 13.1. The first-order valence-corrected chi connectivity index (χ1v) is 16.9. The Balaban J connectivity index is 1.01. The molecule has 0 unspecified atom stereocenters. The number of likely N-dealkylation sites (tertiary alicyclic amines) is 1. The molecule has 10 nitrogen and oxygen atoms in total. The summed E-state index contributed by atoms with van der Waals surface area (Å²) < 4.78 is 20.4. The Labute approximate surface area is 290 Å². The van der Waals surface area contributed by atoms with E-state index in [1.165, 1.54) is 29.8 Å². The first-order valence-electron chi connectivity index (χ1n) is 16.9. The Kier molecular flexibility index (Phi) is 10.7. The average Bonchev–Trinajstić information content (AvgIpc) is 3.12. The van der Waals surface area contributed by atoms with Crippen LogP contribution >= 0.6 is 0 Å². The van der Waals surface area contributed by atoms with E-state index in [4.69, 9.17) is 4.74 Å². The molecule has 4 aromatic rings. The Hall–Kier alpha value is -4.97. The molecule has 0 radical (unpaired) electrons. The number of hydrogen-bond donors (Lipinski definition) is 6. The van der Waals surface area contributed by atoms with Crippen LogP contribution in [0.1, 0.15) is 63.5 Å². The highest BCUT2D eigenvalue weighted by Gasteiger charge is 2.39. The lowest BCUT2D eigenvalue weighted by Crippen LogP contribution is -2.41. The predicted octanol–water partition coefficient (Wildman–Crippen LogP) is 4.77. The second kappa shape index (κ2) is 15.3. The first-order chi connectivity index (χ1) is 24.1. The van der Waals surface area contributed by atoms with E-state index in [0.717, 1.165) is 37.1 Å². The quantitative estimate of drug-likeness (QED) is 0.0928. The monoisotopic (exact) mass is 682 g/mol. The van der Waals surface area contributed by atoms with Crippen molar-refractivity contribution in [3.63, 3.8) is 0 Å². The molecule has 2 amide bonds. The van der Waals surface area contributed by atoms with E-state index in [-0.39, 0.29) is 53.8 Å². The maximum atomic E-state index is 15.0. The molecular weight excluding hydrogens is 639 g/mol. The molecule has 0 bridgehead atoms. The van der Waals surface area contributed by atoms with E-state index in [1.54, 1.807) is 12.1 Å². The average molecular weight is 683 g/mol.